The zero-order valence-electron chi connectivity index (χ0n) is 12.9. The second-order valence-corrected chi connectivity index (χ2v) is 7.56. The van der Waals surface area contributed by atoms with Gasteiger partial charge in [-0.15, -0.1) is 0 Å². The molecule has 0 aliphatic heterocycles. The van der Waals surface area contributed by atoms with E-state index in [0.29, 0.717) is 18.3 Å². The van der Waals surface area contributed by atoms with E-state index in [1.807, 2.05) is 20.8 Å². The van der Waals surface area contributed by atoms with Gasteiger partial charge in [0, 0.05) is 11.5 Å². The fraction of sp³-hybridized carbons (Fsp3) is 0.867. The third-order valence-electron chi connectivity index (χ3n) is 4.51. The zero-order chi connectivity index (χ0) is 15.1. The Morgan fingerprint density at radius 2 is 1.90 bits per heavy atom. The van der Waals surface area contributed by atoms with Crippen LogP contribution in [0.15, 0.2) is 0 Å². The second-order valence-electron chi connectivity index (χ2n) is 7.56. The zero-order valence-corrected chi connectivity index (χ0v) is 12.9. The van der Waals surface area contributed by atoms with Gasteiger partial charge < -0.3 is 15.8 Å². The summed E-state index contributed by atoms with van der Waals surface area (Å²) < 4.78 is 5.37. The van der Waals surface area contributed by atoms with Crippen LogP contribution in [-0.4, -0.2) is 23.1 Å². The number of hydrogen-bond donors (Lipinski definition) is 2. The number of hydrogen-bond acceptors (Lipinski definition) is 3. The summed E-state index contributed by atoms with van der Waals surface area (Å²) in [4.78, 5) is 23.5. The Kier molecular flexibility index (Phi) is 3.73. The summed E-state index contributed by atoms with van der Waals surface area (Å²) >= 11 is 0. The molecule has 2 fully saturated rings. The van der Waals surface area contributed by atoms with Gasteiger partial charge in [-0.05, 0) is 58.3 Å². The largest absolute Gasteiger partial charge is 0.444 e. The molecule has 2 saturated carbocycles. The number of carbonyl (C=O) groups excluding carboxylic acids is 2. The van der Waals surface area contributed by atoms with Crippen LogP contribution in [-0.2, 0) is 9.53 Å². The van der Waals surface area contributed by atoms with Crippen molar-refractivity contribution in [3.63, 3.8) is 0 Å². The van der Waals surface area contributed by atoms with Gasteiger partial charge >= 0.3 is 6.09 Å². The third kappa shape index (κ3) is 3.07. The molecule has 0 heterocycles. The number of rotatable bonds is 2. The van der Waals surface area contributed by atoms with Gasteiger partial charge in [0.05, 0.1) is 0 Å². The molecule has 4 atom stereocenters. The van der Waals surface area contributed by atoms with Crippen molar-refractivity contribution in [3.05, 3.63) is 0 Å². The van der Waals surface area contributed by atoms with E-state index in [1.54, 1.807) is 0 Å². The molecule has 2 aliphatic rings. The van der Waals surface area contributed by atoms with Crippen molar-refractivity contribution in [3.8, 4) is 0 Å². The molecule has 5 nitrogen and oxygen atoms in total. The predicted molar refractivity (Wildman–Crippen MR) is 75.9 cm³/mol. The maximum atomic E-state index is 12.1. The van der Waals surface area contributed by atoms with Gasteiger partial charge in [-0.1, -0.05) is 6.92 Å². The lowest BCUT2D eigenvalue weighted by Crippen LogP contribution is -2.50. The number of ether oxygens (including phenoxy) is 1. The molecule has 0 spiro atoms. The highest BCUT2D eigenvalue weighted by Gasteiger charge is 2.54. The number of primary amides is 1. The normalized spacial score (nSPS) is 36.5. The van der Waals surface area contributed by atoms with Crippen molar-refractivity contribution >= 4 is 12.0 Å². The standard InChI is InChI=1S/C15H26N2O3/c1-9-5-11-6-10(12(16)18)8-15(11,7-9)17-13(19)20-14(2,3)4/h9-11H,5-8H2,1-4H3,(H2,16,18)(H,17,19). The quantitative estimate of drug-likeness (QED) is 0.814. The number of nitrogens with two attached hydrogens (primary N) is 1. The highest BCUT2D eigenvalue weighted by molar-refractivity contribution is 5.78. The van der Waals surface area contributed by atoms with Crippen LogP contribution in [0.5, 0.6) is 0 Å². The maximum Gasteiger partial charge on any atom is 0.408 e. The van der Waals surface area contributed by atoms with E-state index in [0.717, 1.165) is 19.3 Å². The average molecular weight is 282 g/mol. The van der Waals surface area contributed by atoms with Gasteiger partial charge in [-0.25, -0.2) is 4.79 Å². The summed E-state index contributed by atoms with van der Waals surface area (Å²) in [5.74, 6) is 0.520. The van der Waals surface area contributed by atoms with E-state index in [9.17, 15) is 9.59 Å². The van der Waals surface area contributed by atoms with E-state index in [1.165, 1.54) is 0 Å². The van der Waals surface area contributed by atoms with Crippen LogP contribution >= 0.6 is 0 Å². The van der Waals surface area contributed by atoms with E-state index in [4.69, 9.17) is 10.5 Å². The molecule has 0 radical (unpaired) electrons. The van der Waals surface area contributed by atoms with Crippen molar-refractivity contribution in [1.29, 1.82) is 0 Å². The Labute approximate surface area is 120 Å². The molecule has 5 heteroatoms. The van der Waals surface area contributed by atoms with Crippen LogP contribution in [0.2, 0.25) is 0 Å². The Hall–Kier alpha value is -1.26. The molecule has 2 aliphatic carbocycles. The van der Waals surface area contributed by atoms with Crippen molar-refractivity contribution < 1.29 is 14.3 Å². The lowest BCUT2D eigenvalue weighted by atomic mass is 9.90. The Bertz CT molecular complexity index is 416. The Morgan fingerprint density at radius 3 is 2.45 bits per heavy atom. The molecular weight excluding hydrogens is 256 g/mol. The lowest BCUT2D eigenvalue weighted by molar-refractivity contribution is -0.121. The highest BCUT2D eigenvalue weighted by Crippen LogP contribution is 2.52. The molecule has 0 saturated heterocycles. The van der Waals surface area contributed by atoms with Crippen LogP contribution in [0, 0.1) is 17.8 Å². The minimum Gasteiger partial charge on any atom is -0.444 e. The third-order valence-corrected chi connectivity index (χ3v) is 4.51. The smallest absolute Gasteiger partial charge is 0.408 e. The predicted octanol–water partition coefficient (Wildman–Crippen LogP) is 2.19. The lowest BCUT2D eigenvalue weighted by Gasteiger charge is -2.32. The van der Waals surface area contributed by atoms with E-state index < -0.39 is 5.60 Å². The van der Waals surface area contributed by atoms with E-state index in [-0.39, 0.29) is 23.5 Å². The average Bonchev–Trinajstić information content (AvgIpc) is 2.66. The topological polar surface area (TPSA) is 81.4 Å². The van der Waals surface area contributed by atoms with Gasteiger partial charge in [-0.2, -0.15) is 0 Å². The molecule has 0 aromatic rings. The van der Waals surface area contributed by atoms with E-state index >= 15 is 0 Å². The van der Waals surface area contributed by atoms with Crippen molar-refractivity contribution in [2.75, 3.05) is 0 Å². The Balaban J connectivity index is 2.09. The fourth-order valence-electron chi connectivity index (χ4n) is 3.95. The van der Waals surface area contributed by atoms with Crippen molar-refractivity contribution in [2.45, 2.75) is 64.5 Å². The summed E-state index contributed by atoms with van der Waals surface area (Å²) in [6.07, 6.45) is 2.99. The van der Waals surface area contributed by atoms with Crippen LogP contribution in [0.1, 0.15) is 53.4 Å². The van der Waals surface area contributed by atoms with Gasteiger partial charge in [0.25, 0.3) is 0 Å². The molecule has 2 amide bonds. The van der Waals surface area contributed by atoms with Crippen LogP contribution < -0.4 is 11.1 Å². The van der Waals surface area contributed by atoms with Crippen molar-refractivity contribution in [1.82, 2.24) is 5.32 Å². The monoisotopic (exact) mass is 282 g/mol. The first kappa shape index (κ1) is 15.1. The molecule has 20 heavy (non-hydrogen) atoms. The van der Waals surface area contributed by atoms with Gasteiger partial charge in [0.2, 0.25) is 5.91 Å². The Morgan fingerprint density at radius 1 is 1.25 bits per heavy atom. The van der Waals surface area contributed by atoms with Gasteiger partial charge in [0.15, 0.2) is 0 Å². The molecule has 0 bridgehead atoms. The highest BCUT2D eigenvalue weighted by atomic mass is 16.6. The van der Waals surface area contributed by atoms with Gasteiger partial charge in [0.1, 0.15) is 5.60 Å². The van der Waals surface area contributed by atoms with Crippen LogP contribution in [0.4, 0.5) is 4.79 Å². The van der Waals surface area contributed by atoms with E-state index in [2.05, 4.69) is 12.2 Å². The molecular formula is C15H26N2O3. The molecule has 3 N–H and O–H groups in total. The summed E-state index contributed by atoms with van der Waals surface area (Å²) in [5, 5.41) is 3.06. The summed E-state index contributed by atoms with van der Waals surface area (Å²) in [5.41, 5.74) is 4.63. The minimum absolute atomic E-state index is 0.123. The molecule has 0 aromatic carbocycles. The minimum atomic E-state index is -0.512. The summed E-state index contributed by atoms with van der Waals surface area (Å²) in [7, 11) is 0. The van der Waals surface area contributed by atoms with Crippen molar-refractivity contribution in [2.24, 2.45) is 23.5 Å². The molecule has 0 aromatic heterocycles. The van der Waals surface area contributed by atoms with Gasteiger partial charge in [-0.3, -0.25) is 4.79 Å². The van der Waals surface area contributed by atoms with Crippen LogP contribution in [0.25, 0.3) is 0 Å². The number of nitrogens with one attached hydrogen (secondary N) is 1. The number of fused-ring (bicyclic) bond motifs is 1. The molecule has 4 unspecified atom stereocenters. The number of carbonyl (C=O) groups is 2. The first-order chi connectivity index (χ1) is 9.11. The fourth-order valence-corrected chi connectivity index (χ4v) is 3.95. The summed E-state index contributed by atoms with van der Waals surface area (Å²) in [6, 6.07) is 0. The first-order valence-electron chi connectivity index (χ1n) is 7.42. The first-order valence-corrected chi connectivity index (χ1v) is 7.42. The second kappa shape index (κ2) is 4.93. The number of alkyl carbamates (subject to hydrolysis) is 1. The summed E-state index contributed by atoms with van der Waals surface area (Å²) in [6.45, 7) is 7.73. The number of amides is 2. The maximum absolute atomic E-state index is 12.1. The van der Waals surface area contributed by atoms with Crippen LogP contribution in [0.3, 0.4) is 0 Å². The SMILES string of the molecule is CC1CC2CC(C(N)=O)CC2(NC(=O)OC(C)(C)C)C1. The molecule has 2 rings (SSSR count). The molecule has 114 valence electrons.